The van der Waals surface area contributed by atoms with Crippen LogP contribution < -0.4 is 33.5 Å². The Hall–Kier alpha value is -11.2. The third-order valence-corrected chi connectivity index (χ3v) is 18.8. The summed E-state index contributed by atoms with van der Waals surface area (Å²) in [6.45, 7) is 17.5. The first kappa shape index (κ1) is 57.9. The molecule has 0 unspecified atom stereocenters. The zero-order valence-corrected chi connectivity index (χ0v) is 54.2. The van der Waals surface area contributed by atoms with Crippen molar-refractivity contribution >= 4 is 68.2 Å². The monoisotopic (exact) mass is 1230 g/mol. The molecule has 17 rings (SSSR count). The number of methoxy groups -OCH3 is 1. The van der Waals surface area contributed by atoms with Crippen LogP contribution in [0.5, 0.6) is 51.7 Å². The van der Waals surface area contributed by atoms with Gasteiger partial charge < -0.3 is 37.9 Å². The Labute approximate surface area is 549 Å². The van der Waals surface area contributed by atoms with Crippen molar-refractivity contribution < 1.29 is 28.1 Å². The van der Waals surface area contributed by atoms with E-state index >= 15 is 0 Å². The second kappa shape index (κ2) is 22.3. The molecule has 0 atom stereocenters. The van der Waals surface area contributed by atoms with Gasteiger partial charge in [0.2, 0.25) is 0 Å². The Balaban J connectivity index is 0.00000346. The van der Waals surface area contributed by atoms with Crippen LogP contribution in [0.3, 0.4) is 0 Å². The molecular weight excluding hydrogens is 1160 g/mol. The van der Waals surface area contributed by atoms with Crippen molar-refractivity contribution in [2.75, 3.05) is 16.9 Å². The summed E-state index contributed by atoms with van der Waals surface area (Å²) in [4.78, 5) is 4.61. The molecule has 0 saturated carbocycles. The molecule has 460 valence electrons. The van der Waals surface area contributed by atoms with Gasteiger partial charge in [-0.1, -0.05) is 237 Å². The fraction of sp³-hybridized carbons (Fsp3) is 0.140. The summed E-state index contributed by atoms with van der Waals surface area (Å²) in [5, 5.41) is 2.03. The summed E-state index contributed by atoms with van der Waals surface area (Å²) in [6.07, 6.45) is 4.40. The van der Waals surface area contributed by atoms with Crippen molar-refractivity contribution in [2.45, 2.75) is 71.6 Å². The van der Waals surface area contributed by atoms with Crippen LogP contribution in [-0.4, -0.2) is 7.11 Å². The van der Waals surface area contributed by atoms with E-state index in [9.17, 15) is 0 Å². The van der Waals surface area contributed by atoms with Crippen molar-refractivity contribution in [1.29, 1.82) is 0 Å². The molecule has 12 aromatic carbocycles. The van der Waals surface area contributed by atoms with E-state index in [1.165, 1.54) is 11.1 Å². The Kier molecular flexibility index (Phi) is 13.7. The maximum atomic E-state index is 7.51. The summed E-state index contributed by atoms with van der Waals surface area (Å²) in [6, 6.07) is 87.7. The number of rotatable bonds is 8. The van der Waals surface area contributed by atoms with E-state index in [4.69, 9.17) is 28.1 Å². The van der Waals surface area contributed by atoms with Gasteiger partial charge in [-0.3, -0.25) is 0 Å². The van der Waals surface area contributed by atoms with Crippen LogP contribution in [0.1, 0.15) is 99.9 Å². The number of hydrogen-bond donors (Lipinski definition) is 0. The zero-order valence-electron chi connectivity index (χ0n) is 54.2. The van der Waals surface area contributed by atoms with Crippen molar-refractivity contribution in [2.24, 2.45) is 0 Å². The molecule has 0 amide bonds. The highest BCUT2D eigenvalue weighted by molar-refractivity contribution is 6.11. The average molecular weight is 1230 g/mol. The Morgan fingerprint density at radius 2 is 0.777 bits per heavy atom. The predicted molar refractivity (Wildman–Crippen MR) is 383 cm³/mol. The molecule has 8 nitrogen and oxygen atoms in total. The van der Waals surface area contributed by atoms with E-state index in [1.54, 1.807) is 7.11 Å². The number of nitrogens with zero attached hydrogens (tertiary/aromatic N) is 2. The van der Waals surface area contributed by atoms with E-state index in [0.29, 0.717) is 51.7 Å². The van der Waals surface area contributed by atoms with Gasteiger partial charge in [-0.2, -0.15) is 0 Å². The number of benzene rings is 12. The normalized spacial score (nSPS) is 13.3. The van der Waals surface area contributed by atoms with Crippen LogP contribution in [0.4, 0.5) is 34.1 Å². The van der Waals surface area contributed by atoms with Crippen LogP contribution in [0.15, 0.2) is 253 Å². The number of ether oxygens (including phenoxy) is 5. The Morgan fingerprint density at radius 1 is 0.362 bits per heavy atom. The molecule has 3 heterocycles. The minimum absolute atomic E-state index is 0.114. The Morgan fingerprint density at radius 3 is 1.29 bits per heavy atom. The molecule has 13 aromatic rings. The van der Waals surface area contributed by atoms with Crippen LogP contribution >= 0.6 is 0 Å². The lowest BCUT2D eigenvalue weighted by Crippen LogP contribution is -2.31. The van der Waals surface area contributed by atoms with Crippen LogP contribution in [0.2, 0.25) is 0 Å². The average Bonchev–Trinajstić information content (AvgIpc) is 1.47. The largest absolute Gasteiger partial charge is 0.494 e. The first-order valence-corrected chi connectivity index (χ1v) is 32.5. The molecule has 2 aliphatic heterocycles. The third-order valence-electron chi connectivity index (χ3n) is 18.8. The smallest absolute Gasteiger partial charge is 0.194 e. The van der Waals surface area contributed by atoms with Gasteiger partial charge in [0.05, 0.1) is 35.3 Å². The van der Waals surface area contributed by atoms with Crippen molar-refractivity contribution in [3.8, 4) is 74.0 Å². The number of para-hydroxylation sites is 7. The maximum absolute atomic E-state index is 7.51. The second-order valence-electron chi connectivity index (χ2n) is 26.2. The van der Waals surface area contributed by atoms with E-state index in [0.717, 1.165) is 112 Å². The Bertz CT molecular complexity index is 5140. The third kappa shape index (κ3) is 9.02. The minimum Gasteiger partial charge on any atom is -0.494 e. The lowest BCUT2D eigenvalue weighted by Gasteiger charge is -2.40. The fourth-order valence-electron chi connectivity index (χ4n) is 14.5. The first-order valence-electron chi connectivity index (χ1n) is 32.5. The molecule has 0 radical (unpaired) electrons. The summed E-state index contributed by atoms with van der Waals surface area (Å²) < 4.78 is 43.6. The van der Waals surface area contributed by atoms with Gasteiger partial charge in [-0.05, 0) is 140 Å². The molecule has 1 aromatic heterocycles. The van der Waals surface area contributed by atoms with Crippen LogP contribution in [-0.2, 0) is 16.2 Å². The van der Waals surface area contributed by atoms with Crippen molar-refractivity contribution in [3.63, 3.8) is 0 Å². The maximum Gasteiger partial charge on any atom is 0.194 e. The van der Waals surface area contributed by atoms with E-state index in [2.05, 4.69) is 245 Å². The van der Waals surface area contributed by atoms with Gasteiger partial charge in [-0.25, -0.2) is 0 Å². The SMILES string of the molecule is CC.COc1c(-c2ccccc2)cccc1N(c1ccc(C(C)(C)C)cc1)c1cc2c(c3c1Oc1ccccc1O3)C=Cc1c(cc(N(c3ccc(C(C)(C)C)cc3)c3cccc4c3oc3ccccc34)c3c1Oc1ccccc1O3)C21c2ccccc2-c2ccccc21. The lowest BCUT2D eigenvalue weighted by atomic mass is 9.65. The van der Waals surface area contributed by atoms with Gasteiger partial charge in [-0.15, -0.1) is 0 Å². The lowest BCUT2D eigenvalue weighted by molar-refractivity contribution is 0.358. The highest BCUT2D eigenvalue weighted by Gasteiger charge is 2.52. The number of fused-ring (bicyclic) bond motifs is 18. The molecule has 0 saturated heterocycles. The van der Waals surface area contributed by atoms with Gasteiger partial charge in [0.1, 0.15) is 5.58 Å². The van der Waals surface area contributed by atoms with Gasteiger partial charge in [0.15, 0.2) is 57.3 Å². The van der Waals surface area contributed by atoms with Crippen LogP contribution in [0.25, 0.3) is 56.3 Å². The second-order valence-corrected chi connectivity index (χ2v) is 26.2. The molecule has 4 aliphatic rings. The number of anilines is 6. The molecule has 0 bridgehead atoms. The minimum atomic E-state index is -1.12. The summed E-state index contributed by atoms with van der Waals surface area (Å²) in [7, 11) is 1.76. The van der Waals surface area contributed by atoms with Gasteiger partial charge >= 0.3 is 0 Å². The summed E-state index contributed by atoms with van der Waals surface area (Å²) >= 11 is 0. The molecule has 94 heavy (non-hydrogen) atoms. The molecule has 0 fully saturated rings. The first-order chi connectivity index (χ1) is 45.8. The highest BCUT2D eigenvalue weighted by Crippen LogP contribution is 2.67. The van der Waals surface area contributed by atoms with Crippen molar-refractivity contribution in [1.82, 2.24) is 0 Å². The van der Waals surface area contributed by atoms with Crippen molar-refractivity contribution in [3.05, 3.63) is 293 Å². The fourth-order valence-corrected chi connectivity index (χ4v) is 14.5. The topological polar surface area (TPSA) is 65.8 Å². The quantitative estimate of drug-likeness (QED) is 0.149. The molecular formula is C86H70N2O6. The van der Waals surface area contributed by atoms with Gasteiger partial charge in [0, 0.05) is 38.8 Å². The summed E-state index contributed by atoms with van der Waals surface area (Å²) in [5.41, 5.74) is 17.5. The van der Waals surface area contributed by atoms with Crippen LogP contribution in [0, 0.1) is 0 Å². The zero-order chi connectivity index (χ0) is 64.2. The van der Waals surface area contributed by atoms with E-state index in [1.807, 2.05) is 80.6 Å². The standard InChI is InChI=1S/C84H64N2O6.C2H6/c1-82(2,3)52-39-43-54(44-40-52)85(67-32-21-28-56(76(67)87-7)51-23-9-8-10-24-51)69-49-65-61(78-80(69)91-74-37-19-17-35-72(74)89-78)47-48-62-66(84(65)63-30-14-11-25-57(63)58-26-12-15-31-64(58)84)50-70(81-79(62)90-73-36-18-20-38-75(73)92-81)86(55-45-41-53(42-46-55)83(4,5)6)68-33-22-29-60-59-27-13-16-34-71(59)88-77(60)68;1-2/h8-50H,1-7H3;1-2H3. The number of hydrogen-bond acceptors (Lipinski definition) is 8. The van der Waals surface area contributed by atoms with Gasteiger partial charge in [0.25, 0.3) is 0 Å². The molecule has 2 aliphatic carbocycles. The highest BCUT2D eigenvalue weighted by atomic mass is 16.6. The van der Waals surface area contributed by atoms with E-state index < -0.39 is 5.41 Å². The summed E-state index contributed by atoms with van der Waals surface area (Å²) in [5.74, 6) is 5.30. The van der Waals surface area contributed by atoms with E-state index in [-0.39, 0.29) is 10.8 Å². The number of furan rings is 1. The molecule has 8 heteroatoms. The molecule has 1 spiro atoms. The predicted octanol–water partition coefficient (Wildman–Crippen LogP) is 24.5. The molecule has 0 N–H and O–H groups in total.